The third-order valence-corrected chi connectivity index (χ3v) is 5.39. The number of methoxy groups -OCH3 is 1. The maximum absolute atomic E-state index is 11.1. The average molecular weight is 424 g/mol. The molecule has 0 aliphatic heterocycles. The predicted molar refractivity (Wildman–Crippen MR) is 125 cm³/mol. The first kappa shape index (κ1) is 21.5. The minimum Gasteiger partial charge on any atom is -0.497 e. The van der Waals surface area contributed by atoms with E-state index in [2.05, 4.69) is 29.2 Å². The molecule has 1 atom stereocenters. The highest BCUT2D eigenvalue weighted by molar-refractivity contribution is 5.71. The molecule has 0 aliphatic carbocycles. The first-order chi connectivity index (χ1) is 15.8. The Balaban J connectivity index is 1.70. The molecule has 4 nitrogen and oxygen atoms in total. The molecule has 0 amide bonds. The number of benzene rings is 3. The summed E-state index contributed by atoms with van der Waals surface area (Å²) in [6, 6.07) is 32.0. The summed E-state index contributed by atoms with van der Waals surface area (Å²) in [6.45, 7) is 0. The molecule has 1 aromatic heterocycles. The molecule has 1 heterocycles. The molecule has 0 N–H and O–H groups in total. The number of carbonyl (C=O) groups excluding carboxylic acids is 1. The van der Waals surface area contributed by atoms with Crippen LogP contribution in [-0.2, 0) is 11.2 Å². The van der Waals surface area contributed by atoms with Gasteiger partial charge in [0.1, 0.15) is 17.5 Å². The molecule has 0 saturated heterocycles. The van der Waals surface area contributed by atoms with Crippen LogP contribution in [0, 0.1) is 0 Å². The zero-order valence-corrected chi connectivity index (χ0v) is 17.9. The molecule has 0 aliphatic rings. The summed E-state index contributed by atoms with van der Waals surface area (Å²) >= 11 is 0. The summed E-state index contributed by atoms with van der Waals surface area (Å²) in [5.74, 6) is 0.815. The highest BCUT2D eigenvalue weighted by Crippen LogP contribution is 2.34. The molecule has 0 radical (unpaired) electrons. The van der Waals surface area contributed by atoms with Crippen LogP contribution in [0.15, 0.2) is 103 Å². The molecular formula is C28H25NO3. The van der Waals surface area contributed by atoms with E-state index in [0.717, 1.165) is 34.3 Å². The van der Waals surface area contributed by atoms with E-state index in [1.807, 2.05) is 66.7 Å². The second kappa shape index (κ2) is 10.5. The van der Waals surface area contributed by atoms with Gasteiger partial charge in [0.25, 0.3) is 0 Å². The number of hydrogen-bond acceptors (Lipinski definition) is 4. The van der Waals surface area contributed by atoms with Crippen LogP contribution in [0.3, 0.4) is 0 Å². The van der Waals surface area contributed by atoms with E-state index in [9.17, 15) is 4.79 Å². The van der Waals surface area contributed by atoms with E-state index in [4.69, 9.17) is 9.47 Å². The van der Waals surface area contributed by atoms with Gasteiger partial charge in [-0.1, -0.05) is 78.9 Å². The summed E-state index contributed by atoms with van der Waals surface area (Å²) in [6.07, 6.45) is 2.63. The Morgan fingerprint density at radius 2 is 1.41 bits per heavy atom. The SMILES string of the molecule is COc1ccc(CC(OC(c2ccccc2)c2ccccc2)c2ccc(C=O)nc2)cc1. The van der Waals surface area contributed by atoms with E-state index in [0.29, 0.717) is 12.1 Å². The van der Waals surface area contributed by atoms with Crippen LogP contribution in [-0.4, -0.2) is 18.4 Å². The Kier molecular flexibility index (Phi) is 7.05. The first-order valence-electron chi connectivity index (χ1n) is 10.6. The molecule has 0 saturated carbocycles. The Morgan fingerprint density at radius 3 is 1.91 bits per heavy atom. The summed E-state index contributed by atoms with van der Waals surface area (Å²) in [4.78, 5) is 15.4. The van der Waals surface area contributed by atoms with Gasteiger partial charge in [-0.3, -0.25) is 9.78 Å². The number of carbonyl (C=O) groups is 1. The van der Waals surface area contributed by atoms with Crippen molar-refractivity contribution in [3.8, 4) is 5.75 Å². The van der Waals surface area contributed by atoms with Crippen molar-refractivity contribution in [3.05, 3.63) is 131 Å². The predicted octanol–water partition coefficient (Wildman–Crippen LogP) is 5.99. The molecule has 4 heteroatoms. The smallest absolute Gasteiger partial charge is 0.168 e. The Labute approximate surface area is 188 Å². The van der Waals surface area contributed by atoms with Crippen LogP contribution in [0.25, 0.3) is 0 Å². The average Bonchev–Trinajstić information content (AvgIpc) is 2.88. The van der Waals surface area contributed by atoms with Gasteiger partial charge in [0, 0.05) is 12.6 Å². The van der Waals surface area contributed by atoms with E-state index >= 15 is 0 Å². The van der Waals surface area contributed by atoms with Crippen LogP contribution in [0.1, 0.15) is 45.0 Å². The maximum Gasteiger partial charge on any atom is 0.168 e. The van der Waals surface area contributed by atoms with E-state index in [-0.39, 0.29) is 12.2 Å². The van der Waals surface area contributed by atoms with Crippen LogP contribution < -0.4 is 4.74 Å². The highest BCUT2D eigenvalue weighted by atomic mass is 16.5. The van der Waals surface area contributed by atoms with E-state index in [1.54, 1.807) is 19.4 Å². The number of hydrogen-bond donors (Lipinski definition) is 0. The number of aromatic nitrogens is 1. The zero-order chi connectivity index (χ0) is 22.2. The van der Waals surface area contributed by atoms with Crippen LogP contribution in [0.4, 0.5) is 0 Å². The molecule has 0 bridgehead atoms. The standard InChI is InChI=1S/C28H25NO3/c1-31-26-16-12-21(13-17-26)18-27(24-14-15-25(20-30)29-19-24)32-28(22-8-4-2-5-9-22)23-10-6-3-7-11-23/h2-17,19-20,27-28H,18H2,1H3. The third-order valence-electron chi connectivity index (χ3n) is 5.39. The lowest BCUT2D eigenvalue weighted by Crippen LogP contribution is -2.14. The number of aldehydes is 1. The van der Waals surface area contributed by atoms with Gasteiger partial charge in [-0.25, -0.2) is 0 Å². The fourth-order valence-electron chi connectivity index (χ4n) is 3.67. The third kappa shape index (κ3) is 5.29. The maximum atomic E-state index is 11.1. The van der Waals surface area contributed by atoms with Crippen molar-refractivity contribution in [1.29, 1.82) is 0 Å². The van der Waals surface area contributed by atoms with Gasteiger partial charge in [-0.05, 0) is 40.5 Å². The first-order valence-corrected chi connectivity index (χ1v) is 10.6. The van der Waals surface area contributed by atoms with Crippen molar-refractivity contribution in [2.24, 2.45) is 0 Å². The molecule has 160 valence electrons. The molecule has 0 spiro atoms. The van der Waals surface area contributed by atoms with Crippen LogP contribution >= 0.6 is 0 Å². The Hall–Kier alpha value is -3.76. The molecular weight excluding hydrogens is 398 g/mol. The lowest BCUT2D eigenvalue weighted by Gasteiger charge is -2.26. The minimum atomic E-state index is -0.262. The lowest BCUT2D eigenvalue weighted by molar-refractivity contribution is 0.00678. The minimum absolute atomic E-state index is 0.244. The van der Waals surface area contributed by atoms with Crippen molar-refractivity contribution < 1.29 is 14.3 Å². The molecule has 0 fully saturated rings. The molecule has 3 aromatic carbocycles. The van der Waals surface area contributed by atoms with E-state index in [1.165, 1.54) is 0 Å². The number of nitrogens with zero attached hydrogens (tertiary/aromatic N) is 1. The number of rotatable bonds is 9. The number of ether oxygens (including phenoxy) is 2. The largest absolute Gasteiger partial charge is 0.497 e. The van der Waals surface area contributed by atoms with Gasteiger partial charge in [-0.2, -0.15) is 0 Å². The quantitative estimate of drug-likeness (QED) is 0.310. The Bertz CT molecular complexity index is 1070. The lowest BCUT2D eigenvalue weighted by atomic mass is 9.98. The summed E-state index contributed by atoms with van der Waals surface area (Å²) in [7, 11) is 1.66. The fraction of sp³-hybridized carbons (Fsp3) is 0.143. The topological polar surface area (TPSA) is 48.4 Å². The summed E-state index contributed by atoms with van der Waals surface area (Å²) in [5, 5.41) is 0. The van der Waals surface area contributed by atoms with Crippen molar-refractivity contribution in [2.75, 3.05) is 7.11 Å². The zero-order valence-electron chi connectivity index (χ0n) is 17.9. The normalized spacial score (nSPS) is 11.8. The monoisotopic (exact) mass is 423 g/mol. The van der Waals surface area contributed by atoms with E-state index < -0.39 is 0 Å². The second-order valence-electron chi connectivity index (χ2n) is 7.51. The molecule has 32 heavy (non-hydrogen) atoms. The fourth-order valence-corrected chi connectivity index (χ4v) is 3.67. The molecule has 1 unspecified atom stereocenters. The second-order valence-corrected chi connectivity index (χ2v) is 7.51. The molecule has 4 aromatic rings. The summed E-state index contributed by atoms with van der Waals surface area (Å²) < 4.78 is 12.1. The van der Waals surface area contributed by atoms with Gasteiger partial charge in [0.15, 0.2) is 6.29 Å². The van der Waals surface area contributed by atoms with Gasteiger partial charge in [0.05, 0.1) is 13.2 Å². The Morgan fingerprint density at radius 1 is 0.781 bits per heavy atom. The van der Waals surface area contributed by atoms with Gasteiger partial charge in [0.2, 0.25) is 0 Å². The van der Waals surface area contributed by atoms with Gasteiger partial charge < -0.3 is 9.47 Å². The molecule has 4 rings (SSSR count). The summed E-state index contributed by atoms with van der Waals surface area (Å²) in [5.41, 5.74) is 4.60. The van der Waals surface area contributed by atoms with Gasteiger partial charge >= 0.3 is 0 Å². The van der Waals surface area contributed by atoms with Crippen molar-refractivity contribution >= 4 is 6.29 Å². The van der Waals surface area contributed by atoms with Crippen molar-refractivity contribution in [1.82, 2.24) is 4.98 Å². The van der Waals surface area contributed by atoms with Crippen LogP contribution in [0.5, 0.6) is 5.75 Å². The van der Waals surface area contributed by atoms with Gasteiger partial charge in [-0.15, -0.1) is 0 Å². The van der Waals surface area contributed by atoms with Crippen molar-refractivity contribution in [3.63, 3.8) is 0 Å². The van der Waals surface area contributed by atoms with Crippen molar-refractivity contribution in [2.45, 2.75) is 18.6 Å². The number of pyridine rings is 1. The highest BCUT2D eigenvalue weighted by Gasteiger charge is 2.22. The van der Waals surface area contributed by atoms with Crippen LogP contribution in [0.2, 0.25) is 0 Å².